The van der Waals surface area contributed by atoms with E-state index in [-0.39, 0.29) is 35.4 Å². The molecule has 0 spiro atoms. The Bertz CT molecular complexity index is 990. The zero-order valence-corrected chi connectivity index (χ0v) is 22.5. The molecule has 35 heavy (non-hydrogen) atoms. The standard InChI is InChI=1S/C29H43N3O3/c1-20-24(17-25(35-20)28(2,3)4)27(34)30-18-26(33)31-22-13-15-23(16-14-22)32(29(5,6)7)19-21-11-9-8-10-12-21/h8-12,17,22-23H,13-16,18-19H2,1-7H3,(H,30,34)(H,31,33)/t22-,23-. The van der Waals surface area contributed by atoms with Crippen LogP contribution in [-0.2, 0) is 16.8 Å². The number of nitrogens with zero attached hydrogens (tertiary/aromatic N) is 1. The maximum atomic E-state index is 12.6. The van der Waals surface area contributed by atoms with E-state index >= 15 is 0 Å². The molecule has 1 fully saturated rings. The highest BCUT2D eigenvalue weighted by atomic mass is 16.3. The van der Waals surface area contributed by atoms with E-state index in [1.165, 1.54) is 5.56 Å². The van der Waals surface area contributed by atoms with Gasteiger partial charge in [-0.25, -0.2) is 0 Å². The minimum atomic E-state index is -0.276. The first-order valence-electron chi connectivity index (χ1n) is 12.8. The molecule has 2 N–H and O–H groups in total. The van der Waals surface area contributed by atoms with Crippen LogP contribution in [0.25, 0.3) is 0 Å². The highest BCUT2D eigenvalue weighted by Gasteiger charge is 2.32. The number of aryl methyl sites for hydroxylation is 1. The van der Waals surface area contributed by atoms with Crippen LogP contribution < -0.4 is 10.6 Å². The Morgan fingerprint density at radius 1 is 1.00 bits per heavy atom. The third-order valence-corrected chi connectivity index (χ3v) is 6.87. The summed E-state index contributed by atoms with van der Waals surface area (Å²) in [5, 5.41) is 5.87. The molecule has 2 aromatic rings. The molecule has 0 bridgehead atoms. The highest BCUT2D eigenvalue weighted by Crippen LogP contribution is 2.30. The van der Waals surface area contributed by atoms with Crippen molar-refractivity contribution in [2.24, 2.45) is 0 Å². The molecule has 0 unspecified atom stereocenters. The van der Waals surface area contributed by atoms with Crippen LogP contribution in [0.1, 0.15) is 94.7 Å². The summed E-state index contributed by atoms with van der Waals surface area (Å²) in [7, 11) is 0. The first kappa shape index (κ1) is 27.0. The molecular formula is C29H43N3O3. The molecule has 1 aromatic carbocycles. The summed E-state index contributed by atoms with van der Waals surface area (Å²) in [6, 6.07) is 13.0. The first-order valence-corrected chi connectivity index (χ1v) is 12.8. The topological polar surface area (TPSA) is 74.6 Å². The zero-order chi connectivity index (χ0) is 25.8. The van der Waals surface area contributed by atoms with Gasteiger partial charge < -0.3 is 15.1 Å². The van der Waals surface area contributed by atoms with Gasteiger partial charge in [0.1, 0.15) is 11.5 Å². The van der Waals surface area contributed by atoms with Crippen molar-refractivity contribution in [3.05, 3.63) is 59.0 Å². The van der Waals surface area contributed by atoms with Crippen LogP contribution in [-0.4, -0.2) is 40.9 Å². The Balaban J connectivity index is 1.48. The predicted molar refractivity (Wildman–Crippen MR) is 140 cm³/mol. The average Bonchev–Trinajstić information content (AvgIpc) is 3.19. The van der Waals surface area contributed by atoms with Gasteiger partial charge in [0.05, 0.1) is 12.1 Å². The van der Waals surface area contributed by atoms with Crippen LogP contribution in [0.4, 0.5) is 0 Å². The third kappa shape index (κ3) is 7.44. The molecule has 1 heterocycles. The molecule has 0 saturated heterocycles. The van der Waals surface area contributed by atoms with Crippen molar-refractivity contribution in [2.45, 2.75) is 104 Å². The lowest BCUT2D eigenvalue weighted by molar-refractivity contribution is -0.121. The number of amides is 2. The Morgan fingerprint density at radius 3 is 2.17 bits per heavy atom. The number of carbonyl (C=O) groups excluding carboxylic acids is 2. The molecule has 1 saturated carbocycles. The van der Waals surface area contributed by atoms with Crippen LogP contribution in [0.3, 0.4) is 0 Å². The van der Waals surface area contributed by atoms with E-state index in [0.717, 1.165) is 38.0 Å². The average molecular weight is 482 g/mol. The molecular weight excluding hydrogens is 438 g/mol. The molecule has 0 radical (unpaired) electrons. The maximum absolute atomic E-state index is 12.6. The zero-order valence-electron chi connectivity index (χ0n) is 22.5. The van der Waals surface area contributed by atoms with Crippen molar-refractivity contribution in [1.29, 1.82) is 0 Å². The van der Waals surface area contributed by atoms with Gasteiger partial charge in [0.15, 0.2) is 0 Å². The fourth-order valence-corrected chi connectivity index (χ4v) is 4.84. The number of hydrogen-bond donors (Lipinski definition) is 2. The lowest BCUT2D eigenvalue weighted by Gasteiger charge is -2.44. The van der Waals surface area contributed by atoms with Gasteiger partial charge in [0, 0.05) is 29.6 Å². The van der Waals surface area contributed by atoms with Crippen molar-refractivity contribution >= 4 is 11.8 Å². The number of nitrogens with one attached hydrogen (secondary N) is 2. The van der Waals surface area contributed by atoms with E-state index in [9.17, 15) is 9.59 Å². The second kappa shape index (κ2) is 11.0. The Kier molecular flexibility index (Phi) is 8.47. The number of carbonyl (C=O) groups is 2. The molecule has 192 valence electrons. The van der Waals surface area contributed by atoms with Crippen molar-refractivity contribution in [3.63, 3.8) is 0 Å². The summed E-state index contributed by atoms with van der Waals surface area (Å²) in [5.74, 6) is 0.918. The van der Waals surface area contributed by atoms with Gasteiger partial charge in [-0.1, -0.05) is 51.1 Å². The van der Waals surface area contributed by atoms with E-state index in [4.69, 9.17) is 4.42 Å². The van der Waals surface area contributed by atoms with E-state index in [2.05, 4.69) is 66.6 Å². The van der Waals surface area contributed by atoms with Crippen molar-refractivity contribution < 1.29 is 14.0 Å². The fourth-order valence-electron chi connectivity index (χ4n) is 4.84. The minimum absolute atomic E-state index is 0.0314. The van der Waals surface area contributed by atoms with Gasteiger partial charge in [-0.15, -0.1) is 0 Å². The van der Waals surface area contributed by atoms with E-state index in [1.807, 2.05) is 20.8 Å². The molecule has 3 rings (SSSR count). The van der Waals surface area contributed by atoms with Gasteiger partial charge in [0.25, 0.3) is 5.91 Å². The Labute approximate surface area is 210 Å². The molecule has 1 aliphatic carbocycles. The molecule has 0 aliphatic heterocycles. The molecule has 2 amide bonds. The van der Waals surface area contributed by atoms with E-state index < -0.39 is 0 Å². The minimum Gasteiger partial charge on any atom is -0.465 e. The molecule has 6 nitrogen and oxygen atoms in total. The first-order chi connectivity index (χ1) is 16.3. The Morgan fingerprint density at radius 2 is 1.63 bits per heavy atom. The second-order valence-electron chi connectivity index (χ2n) is 11.9. The summed E-state index contributed by atoms with van der Waals surface area (Å²) < 4.78 is 5.75. The van der Waals surface area contributed by atoms with Crippen LogP contribution >= 0.6 is 0 Å². The fraction of sp³-hybridized carbons (Fsp3) is 0.586. The molecule has 1 aromatic heterocycles. The summed E-state index contributed by atoms with van der Waals surface area (Å²) in [5.41, 5.74) is 1.71. The van der Waals surface area contributed by atoms with Crippen molar-refractivity contribution in [2.75, 3.05) is 6.54 Å². The highest BCUT2D eigenvalue weighted by molar-refractivity contribution is 5.97. The largest absolute Gasteiger partial charge is 0.465 e. The van der Waals surface area contributed by atoms with E-state index in [1.54, 1.807) is 13.0 Å². The van der Waals surface area contributed by atoms with Crippen molar-refractivity contribution in [1.82, 2.24) is 15.5 Å². The molecule has 6 heteroatoms. The summed E-state index contributed by atoms with van der Waals surface area (Å²) in [4.78, 5) is 27.8. The van der Waals surface area contributed by atoms with Gasteiger partial charge in [-0.2, -0.15) is 0 Å². The molecule has 0 atom stereocenters. The number of rotatable bonds is 7. The predicted octanol–water partition coefficient (Wildman–Crippen LogP) is 5.34. The number of hydrogen-bond acceptors (Lipinski definition) is 4. The van der Waals surface area contributed by atoms with Crippen LogP contribution in [0.15, 0.2) is 40.8 Å². The number of benzene rings is 1. The van der Waals surface area contributed by atoms with Crippen LogP contribution in [0.5, 0.6) is 0 Å². The molecule has 1 aliphatic rings. The lowest BCUT2D eigenvalue weighted by Crippen LogP contribution is -2.51. The lowest BCUT2D eigenvalue weighted by atomic mass is 9.87. The van der Waals surface area contributed by atoms with Crippen LogP contribution in [0.2, 0.25) is 0 Å². The van der Waals surface area contributed by atoms with Crippen molar-refractivity contribution in [3.8, 4) is 0 Å². The van der Waals surface area contributed by atoms with Crippen LogP contribution in [0, 0.1) is 6.92 Å². The SMILES string of the molecule is Cc1oc(C(C)(C)C)cc1C(=O)NCC(=O)N[C@H]1CC[C@H](N(Cc2ccccc2)C(C)(C)C)CC1. The van der Waals surface area contributed by atoms with Gasteiger partial charge in [-0.05, 0) is 65.0 Å². The summed E-state index contributed by atoms with van der Waals surface area (Å²) in [6.07, 6.45) is 3.99. The number of furan rings is 1. The normalized spacial score (nSPS) is 19.0. The van der Waals surface area contributed by atoms with Gasteiger partial charge in [0.2, 0.25) is 5.91 Å². The third-order valence-electron chi connectivity index (χ3n) is 6.87. The summed E-state index contributed by atoms with van der Waals surface area (Å²) >= 11 is 0. The maximum Gasteiger partial charge on any atom is 0.255 e. The summed E-state index contributed by atoms with van der Waals surface area (Å²) in [6.45, 7) is 15.6. The quantitative estimate of drug-likeness (QED) is 0.560. The Hall–Kier alpha value is -2.60. The van der Waals surface area contributed by atoms with Gasteiger partial charge in [-0.3, -0.25) is 14.5 Å². The van der Waals surface area contributed by atoms with E-state index in [0.29, 0.717) is 17.4 Å². The smallest absolute Gasteiger partial charge is 0.255 e. The van der Waals surface area contributed by atoms with Gasteiger partial charge >= 0.3 is 0 Å². The monoisotopic (exact) mass is 481 g/mol. The second-order valence-corrected chi connectivity index (χ2v) is 11.9.